The normalized spacial score (nSPS) is 12.4. The van der Waals surface area contributed by atoms with Gasteiger partial charge >= 0.3 is 0 Å². The Labute approximate surface area is 105 Å². The first-order chi connectivity index (χ1) is 7.10. The van der Waals surface area contributed by atoms with Gasteiger partial charge < -0.3 is 4.43 Å². The molecule has 0 aliphatic carbocycles. The van der Waals surface area contributed by atoms with Crippen LogP contribution in [0.15, 0.2) is 0 Å². The third-order valence-electron chi connectivity index (χ3n) is 2.70. The zero-order valence-electron chi connectivity index (χ0n) is 10.8. The molecule has 0 spiro atoms. The molecule has 0 aliphatic heterocycles. The summed E-state index contributed by atoms with van der Waals surface area (Å²) >= 11 is 3.70. The summed E-state index contributed by atoms with van der Waals surface area (Å²) < 4.78 is 6.28. The lowest BCUT2D eigenvalue weighted by atomic mass is 10.4. The SMILES string of the molecule is CCCC[Si](CBr)(CCCC)OC(C)C. The molecule has 0 aromatic rings. The quantitative estimate of drug-likeness (QED) is 0.434. The minimum Gasteiger partial charge on any atom is -0.414 e. The Bertz CT molecular complexity index is 143. The molecule has 0 radical (unpaired) electrons. The first kappa shape index (κ1) is 15.7. The van der Waals surface area contributed by atoms with Crippen LogP contribution in [0, 0.1) is 0 Å². The second kappa shape index (κ2) is 8.77. The van der Waals surface area contributed by atoms with Gasteiger partial charge in [0.25, 0.3) is 0 Å². The highest BCUT2D eigenvalue weighted by Gasteiger charge is 2.33. The summed E-state index contributed by atoms with van der Waals surface area (Å²) in [6, 6.07) is 2.65. The molecule has 0 aromatic carbocycles. The van der Waals surface area contributed by atoms with E-state index in [1.807, 2.05) is 0 Å². The molecule has 0 saturated carbocycles. The Morgan fingerprint density at radius 3 is 1.80 bits per heavy atom. The van der Waals surface area contributed by atoms with Crippen molar-refractivity contribution >= 4 is 24.2 Å². The number of rotatable bonds is 9. The van der Waals surface area contributed by atoms with Crippen molar-refractivity contribution in [2.24, 2.45) is 0 Å². The van der Waals surface area contributed by atoms with E-state index >= 15 is 0 Å². The fourth-order valence-corrected chi connectivity index (χ4v) is 7.80. The summed E-state index contributed by atoms with van der Waals surface area (Å²) in [6.45, 7) is 8.87. The van der Waals surface area contributed by atoms with Crippen LogP contribution in [0.25, 0.3) is 0 Å². The topological polar surface area (TPSA) is 9.23 Å². The van der Waals surface area contributed by atoms with Gasteiger partial charge in [-0.15, -0.1) is 0 Å². The van der Waals surface area contributed by atoms with E-state index in [1.165, 1.54) is 37.8 Å². The molecule has 0 heterocycles. The van der Waals surface area contributed by atoms with E-state index in [1.54, 1.807) is 0 Å². The fourth-order valence-electron chi connectivity index (χ4n) is 1.91. The molecule has 3 heteroatoms. The maximum absolute atomic E-state index is 6.28. The monoisotopic (exact) mass is 294 g/mol. The highest BCUT2D eigenvalue weighted by molar-refractivity contribution is 9.09. The van der Waals surface area contributed by atoms with E-state index in [4.69, 9.17) is 4.43 Å². The van der Waals surface area contributed by atoms with Gasteiger partial charge in [-0.25, -0.2) is 0 Å². The van der Waals surface area contributed by atoms with Gasteiger partial charge in [-0.05, 0) is 25.9 Å². The lowest BCUT2D eigenvalue weighted by Crippen LogP contribution is -2.42. The van der Waals surface area contributed by atoms with Gasteiger partial charge in [-0.2, -0.15) is 0 Å². The molecule has 15 heavy (non-hydrogen) atoms. The van der Waals surface area contributed by atoms with Crippen molar-refractivity contribution in [3.8, 4) is 0 Å². The molecule has 0 unspecified atom stereocenters. The van der Waals surface area contributed by atoms with Gasteiger partial charge in [0.1, 0.15) is 0 Å². The average Bonchev–Trinajstić information content (AvgIpc) is 2.22. The Morgan fingerprint density at radius 1 is 1.07 bits per heavy atom. The lowest BCUT2D eigenvalue weighted by Gasteiger charge is -2.32. The minimum atomic E-state index is -1.46. The Morgan fingerprint density at radius 2 is 1.53 bits per heavy atom. The molecular weight excluding hydrogens is 268 g/mol. The Kier molecular flexibility index (Phi) is 9.15. The van der Waals surface area contributed by atoms with E-state index in [9.17, 15) is 0 Å². The van der Waals surface area contributed by atoms with Crippen LogP contribution in [0.5, 0.6) is 0 Å². The van der Waals surface area contributed by atoms with E-state index < -0.39 is 8.32 Å². The summed E-state index contributed by atoms with van der Waals surface area (Å²) in [5, 5.41) is 0. The van der Waals surface area contributed by atoms with Gasteiger partial charge in [0, 0.05) is 11.1 Å². The summed E-state index contributed by atoms with van der Waals surface area (Å²) in [5.41, 5.74) is 0. The number of alkyl halides is 1. The van der Waals surface area contributed by atoms with Gasteiger partial charge in [-0.1, -0.05) is 55.5 Å². The predicted molar refractivity (Wildman–Crippen MR) is 75.2 cm³/mol. The van der Waals surface area contributed by atoms with Gasteiger partial charge in [0.15, 0.2) is 0 Å². The minimum absolute atomic E-state index is 0.392. The van der Waals surface area contributed by atoms with Crippen LogP contribution in [-0.2, 0) is 4.43 Å². The second-order valence-electron chi connectivity index (χ2n) is 4.69. The summed E-state index contributed by atoms with van der Waals surface area (Å²) in [6.07, 6.45) is 5.62. The molecule has 0 amide bonds. The molecule has 0 bridgehead atoms. The van der Waals surface area contributed by atoms with Crippen molar-refractivity contribution < 1.29 is 4.43 Å². The third-order valence-corrected chi connectivity index (χ3v) is 9.75. The van der Waals surface area contributed by atoms with E-state index in [0.29, 0.717) is 6.10 Å². The number of unbranched alkanes of at least 4 members (excludes halogenated alkanes) is 2. The lowest BCUT2D eigenvalue weighted by molar-refractivity contribution is 0.226. The van der Waals surface area contributed by atoms with Crippen LogP contribution in [0.4, 0.5) is 0 Å². The van der Waals surface area contributed by atoms with Gasteiger partial charge in [-0.3, -0.25) is 0 Å². The molecule has 0 rings (SSSR count). The van der Waals surface area contributed by atoms with Crippen LogP contribution in [0.2, 0.25) is 12.1 Å². The maximum Gasteiger partial charge on any atom is 0.203 e. The molecule has 0 fully saturated rings. The molecule has 0 atom stereocenters. The standard InChI is InChI=1S/C12H27BrOSi/c1-5-7-9-15(11-13,10-8-6-2)14-12(3)4/h12H,5-11H2,1-4H3. The average molecular weight is 295 g/mol. The molecule has 92 valence electrons. The Hall–Kier alpha value is 0.657. The van der Waals surface area contributed by atoms with Gasteiger partial charge in [0.05, 0.1) is 0 Å². The molecule has 0 saturated heterocycles. The van der Waals surface area contributed by atoms with Crippen molar-refractivity contribution in [3.63, 3.8) is 0 Å². The zero-order valence-corrected chi connectivity index (χ0v) is 13.4. The fraction of sp³-hybridized carbons (Fsp3) is 1.00. The van der Waals surface area contributed by atoms with Crippen LogP contribution >= 0.6 is 15.9 Å². The van der Waals surface area contributed by atoms with Crippen molar-refractivity contribution in [1.82, 2.24) is 0 Å². The molecule has 1 nitrogen and oxygen atoms in total. The van der Waals surface area contributed by atoms with Crippen molar-refractivity contribution in [2.75, 3.05) is 4.95 Å². The van der Waals surface area contributed by atoms with E-state index in [-0.39, 0.29) is 0 Å². The van der Waals surface area contributed by atoms with E-state index in [2.05, 4.69) is 43.6 Å². The van der Waals surface area contributed by atoms with Crippen LogP contribution in [-0.4, -0.2) is 19.4 Å². The first-order valence-electron chi connectivity index (χ1n) is 6.34. The second-order valence-corrected chi connectivity index (χ2v) is 10.2. The molecule has 0 aliphatic rings. The smallest absolute Gasteiger partial charge is 0.203 e. The van der Waals surface area contributed by atoms with E-state index in [0.717, 1.165) is 4.95 Å². The van der Waals surface area contributed by atoms with Crippen LogP contribution in [0.1, 0.15) is 53.4 Å². The summed E-state index contributed by atoms with van der Waals surface area (Å²) in [4.78, 5) is 1.11. The number of hydrogen-bond donors (Lipinski definition) is 0. The summed E-state index contributed by atoms with van der Waals surface area (Å²) in [5.74, 6) is 0. The predicted octanol–water partition coefficient (Wildman–Crippen LogP) is 4.89. The third kappa shape index (κ3) is 6.75. The summed E-state index contributed by atoms with van der Waals surface area (Å²) in [7, 11) is -1.46. The Balaban J connectivity index is 4.30. The highest BCUT2D eigenvalue weighted by atomic mass is 79.9. The van der Waals surface area contributed by atoms with Crippen molar-refractivity contribution in [2.45, 2.75) is 71.6 Å². The molecular formula is C12H27BrOSi. The molecule has 0 N–H and O–H groups in total. The first-order valence-corrected chi connectivity index (χ1v) is 9.99. The highest BCUT2D eigenvalue weighted by Crippen LogP contribution is 2.26. The van der Waals surface area contributed by atoms with Crippen molar-refractivity contribution in [1.29, 1.82) is 0 Å². The van der Waals surface area contributed by atoms with Gasteiger partial charge in [0.2, 0.25) is 8.32 Å². The molecule has 0 aromatic heterocycles. The maximum atomic E-state index is 6.28. The van der Waals surface area contributed by atoms with Crippen LogP contribution < -0.4 is 0 Å². The van der Waals surface area contributed by atoms with Crippen LogP contribution in [0.3, 0.4) is 0 Å². The zero-order chi connectivity index (χ0) is 11.7. The number of hydrogen-bond acceptors (Lipinski definition) is 1. The largest absolute Gasteiger partial charge is 0.414 e. The number of halogens is 1. The van der Waals surface area contributed by atoms with Crippen molar-refractivity contribution in [3.05, 3.63) is 0 Å².